The van der Waals surface area contributed by atoms with Crippen LogP contribution in [-0.4, -0.2) is 44.3 Å². The fourth-order valence-corrected chi connectivity index (χ4v) is 4.76. The summed E-state index contributed by atoms with van der Waals surface area (Å²) in [7, 11) is -3.39. The molecule has 0 saturated heterocycles. The molecule has 0 aliphatic carbocycles. The van der Waals surface area contributed by atoms with E-state index in [2.05, 4.69) is 5.32 Å². The Morgan fingerprint density at radius 3 is 2.52 bits per heavy atom. The number of hydrogen-bond donors (Lipinski definition) is 2. The zero-order valence-electron chi connectivity index (χ0n) is 12.6. The summed E-state index contributed by atoms with van der Waals surface area (Å²) < 4.78 is 26.4. The van der Waals surface area contributed by atoms with E-state index in [1.54, 1.807) is 19.1 Å². The number of hydrogen-bond acceptors (Lipinski definition) is 5. The molecule has 0 bridgehead atoms. The van der Waals surface area contributed by atoms with Gasteiger partial charge in [-0.3, -0.25) is 4.79 Å². The van der Waals surface area contributed by atoms with Gasteiger partial charge in [-0.25, -0.2) is 8.42 Å². The number of sulfonamides is 1. The highest BCUT2D eigenvalue weighted by atomic mass is 32.2. The van der Waals surface area contributed by atoms with E-state index in [-0.39, 0.29) is 5.91 Å². The number of nitrogens with one attached hydrogen (secondary N) is 1. The number of nitrogens with two attached hydrogens (primary N) is 1. The maximum atomic E-state index is 12.3. The molecule has 0 fully saturated rings. The van der Waals surface area contributed by atoms with Gasteiger partial charge in [-0.1, -0.05) is 13.8 Å². The molecule has 1 amide bonds. The standard InChI is InChI=1S/C13H23N3O3S2/c1-4-16(5-2)21(18,19)12-7-6-11(20-12)8-9-15-13(17)10(3)14/h6-7,10H,4-5,8-9,14H2,1-3H3,(H,15,17)/t10-/m1/s1. The zero-order valence-corrected chi connectivity index (χ0v) is 14.3. The molecule has 0 unspecified atom stereocenters. The Labute approximate surface area is 130 Å². The maximum Gasteiger partial charge on any atom is 0.252 e. The zero-order chi connectivity index (χ0) is 16.0. The Morgan fingerprint density at radius 1 is 1.38 bits per heavy atom. The van der Waals surface area contributed by atoms with E-state index >= 15 is 0 Å². The molecule has 21 heavy (non-hydrogen) atoms. The highest BCUT2D eigenvalue weighted by Crippen LogP contribution is 2.25. The van der Waals surface area contributed by atoms with Crippen LogP contribution in [0.4, 0.5) is 0 Å². The number of amides is 1. The van der Waals surface area contributed by atoms with Gasteiger partial charge in [0.25, 0.3) is 10.0 Å². The molecule has 0 saturated carbocycles. The second kappa shape index (κ2) is 7.88. The van der Waals surface area contributed by atoms with Crippen LogP contribution < -0.4 is 11.1 Å². The summed E-state index contributed by atoms with van der Waals surface area (Å²) in [6.45, 7) is 6.62. The minimum Gasteiger partial charge on any atom is -0.354 e. The molecule has 0 aromatic carbocycles. The number of nitrogens with zero attached hydrogens (tertiary/aromatic N) is 1. The van der Waals surface area contributed by atoms with Crippen molar-refractivity contribution in [1.29, 1.82) is 0 Å². The third kappa shape index (κ3) is 4.77. The molecule has 6 nitrogen and oxygen atoms in total. The topological polar surface area (TPSA) is 92.5 Å². The monoisotopic (exact) mass is 333 g/mol. The lowest BCUT2D eigenvalue weighted by Gasteiger charge is -2.16. The summed E-state index contributed by atoms with van der Waals surface area (Å²) in [6.07, 6.45) is 0.594. The van der Waals surface area contributed by atoms with Gasteiger partial charge in [0, 0.05) is 24.5 Å². The minimum absolute atomic E-state index is 0.206. The molecule has 0 aliphatic heterocycles. The van der Waals surface area contributed by atoms with E-state index in [0.29, 0.717) is 30.3 Å². The van der Waals surface area contributed by atoms with Gasteiger partial charge in [-0.05, 0) is 25.5 Å². The number of rotatable bonds is 8. The van der Waals surface area contributed by atoms with Crippen molar-refractivity contribution in [2.45, 2.75) is 37.4 Å². The van der Waals surface area contributed by atoms with Gasteiger partial charge in [0.15, 0.2) is 0 Å². The van der Waals surface area contributed by atoms with E-state index in [1.165, 1.54) is 15.6 Å². The second-order valence-electron chi connectivity index (χ2n) is 4.64. The first-order valence-electron chi connectivity index (χ1n) is 6.95. The molecule has 1 heterocycles. The van der Waals surface area contributed by atoms with Crippen molar-refractivity contribution in [2.24, 2.45) is 5.73 Å². The first kappa shape index (κ1) is 18.1. The Kier molecular flexibility index (Phi) is 6.79. The Bertz CT molecular complexity index is 563. The van der Waals surface area contributed by atoms with Crippen LogP contribution >= 0.6 is 11.3 Å². The highest BCUT2D eigenvalue weighted by molar-refractivity contribution is 7.91. The number of carbonyl (C=O) groups excluding carboxylic acids is 1. The lowest BCUT2D eigenvalue weighted by molar-refractivity contribution is -0.121. The van der Waals surface area contributed by atoms with E-state index < -0.39 is 16.1 Å². The van der Waals surface area contributed by atoms with Gasteiger partial charge < -0.3 is 11.1 Å². The first-order valence-corrected chi connectivity index (χ1v) is 9.20. The van der Waals surface area contributed by atoms with Crippen molar-refractivity contribution < 1.29 is 13.2 Å². The average Bonchev–Trinajstić information content (AvgIpc) is 2.89. The predicted octanol–water partition coefficient (Wildman–Crippen LogP) is 0.785. The Hall–Kier alpha value is -0.960. The van der Waals surface area contributed by atoms with Gasteiger partial charge in [0.1, 0.15) is 4.21 Å². The smallest absolute Gasteiger partial charge is 0.252 e. The third-order valence-corrected chi connectivity index (χ3v) is 6.68. The van der Waals surface area contributed by atoms with Crippen LogP contribution in [0.5, 0.6) is 0 Å². The molecule has 0 aliphatic rings. The SMILES string of the molecule is CCN(CC)S(=O)(=O)c1ccc(CCNC(=O)[C@@H](C)N)s1. The molecular formula is C13H23N3O3S2. The third-order valence-electron chi connectivity index (χ3n) is 3.02. The fourth-order valence-electron chi connectivity index (χ4n) is 1.79. The normalized spacial score (nSPS) is 13.4. The molecule has 1 aromatic rings. The molecule has 120 valence electrons. The van der Waals surface area contributed by atoms with E-state index in [0.717, 1.165) is 4.88 Å². The molecule has 3 N–H and O–H groups in total. The number of thiophene rings is 1. The van der Waals surface area contributed by atoms with Gasteiger partial charge >= 0.3 is 0 Å². The van der Waals surface area contributed by atoms with Crippen molar-refractivity contribution in [3.8, 4) is 0 Å². The van der Waals surface area contributed by atoms with Gasteiger partial charge in [-0.2, -0.15) is 4.31 Å². The molecule has 8 heteroatoms. The van der Waals surface area contributed by atoms with Crippen molar-refractivity contribution in [3.63, 3.8) is 0 Å². The average molecular weight is 333 g/mol. The van der Waals surface area contributed by atoms with Crippen LogP contribution in [0.15, 0.2) is 16.3 Å². The molecule has 1 atom stereocenters. The molecule has 0 spiro atoms. The summed E-state index contributed by atoms with van der Waals surface area (Å²) in [4.78, 5) is 12.3. The maximum absolute atomic E-state index is 12.3. The first-order chi connectivity index (χ1) is 9.82. The molecule has 1 aromatic heterocycles. The minimum atomic E-state index is -3.39. The summed E-state index contributed by atoms with van der Waals surface area (Å²) in [5.74, 6) is -0.206. The summed E-state index contributed by atoms with van der Waals surface area (Å²) in [5.41, 5.74) is 5.45. The van der Waals surface area contributed by atoms with E-state index in [4.69, 9.17) is 5.73 Å². The predicted molar refractivity (Wildman–Crippen MR) is 84.8 cm³/mol. The summed E-state index contributed by atoms with van der Waals surface area (Å²) >= 11 is 1.25. The molecular weight excluding hydrogens is 310 g/mol. The fraction of sp³-hybridized carbons (Fsp3) is 0.615. The van der Waals surface area contributed by atoms with Crippen molar-refractivity contribution in [1.82, 2.24) is 9.62 Å². The Morgan fingerprint density at radius 2 is 2.00 bits per heavy atom. The second-order valence-corrected chi connectivity index (χ2v) is 7.97. The quantitative estimate of drug-likeness (QED) is 0.735. The van der Waals surface area contributed by atoms with Crippen LogP contribution in [0.2, 0.25) is 0 Å². The van der Waals surface area contributed by atoms with E-state index in [1.807, 2.05) is 13.8 Å². The lowest BCUT2D eigenvalue weighted by Crippen LogP contribution is -2.39. The molecule has 1 rings (SSSR count). The van der Waals surface area contributed by atoms with Crippen LogP contribution in [0.3, 0.4) is 0 Å². The van der Waals surface area contributed by atoms with Crippen molar-refractivity contribution in [3.05, 3.63) is 17.0 Å². The van der Waals surface area contributed by atoms with Crippen LogP contribution in [0, 0.1) is 0 Å². The van der Waals surface area contributed by atoms with Gasteiger partial charge in [-0.15, -0.1) is 11.3 Å². The highest BCUT2D eigenvalue weighted by Gasteiger charge is 2.23. The van der Waals surface area contributed by atoms with Crippen LogP contribution in [-0.2, 0) is 21.2 Å². The lowest BCUT2D eigenvalue weighted by atomic mass is 10.3. The van der Waals surface area contributed by atoms with Crippen molar-refractivity contribution >= 4 is 27.3 Å². The summed E-state index contributed by atoms with van der Waals surface area (Å²) in [6, 6.07) is 2.88. The van der Waals surface area contributed by atoms with Gasteiger partial charge in [0.2, 0.25) is 5.91 Å². The largest absolute Gasteiger partial charge is 0.354 e. The summed E-state index contributed by atoms with van der Waals surface area (Å²) in [5, 5.41) is 2.71. The van der Waals surface area contributed by atoms with Crippen molar-refractivity contribution in [2.75, 3.05) is 19.6 Å². The number of carbonyl (C=O) groups is 1. The van der Waals surface area contributed by atoms with Crippen LogP contribution in [0.1, 0.15) is 25.6 Å². The van der Waals surface area contributed by atoms with Crippen LogP contribution in [0.25, 0.3) is 0 Å². The Balaban J connectivity index is 2.67. The van der Waals surface area contributed by atoms with E-state index in [9.17, 15) is 13.2 Å². The van der Waals surface area contributed by atoms with Gasteiger partial charge in [0.05, 0.1) is 6.04 Å². The molecule has 0 radical (unpaired) electrons.